The molecular weight excluding hydrogens is 470 g/mol. The molecule has 0 aliphatic carbocycles. The number of aromatic amines is 1. The molecular formula is C33H31N3O2. The lowest BCUT2D eigenvalue weighted by Gasteiger charge is -2.23. The van der Waals surface area contributed by atoms with Crippen molar-refractivity contribution in [1.82, 2.24) is 10.3 Å². The molecule has 3 N–H and O–H groups in total. The Morgan fingerprint density at radius 2 is 1.32 bits per heavy atom. The number of anilines is 1. The molecule has 5 rings (SSSR count). The molecule has 0 fully saturated rings. The highest BCUT2D eigenvalue weighted by Crippen LogP contribution is 2.26. The van der Waals surface area contributed by atoms with Crippen molar-refractivity contribution in [2.75, 3.05) is 5.32 Å². The van der Waals surface area contributed by atoms with Crippen LogP contribution in [0.1, 0.15) is 33.7 Å². The Balaban J connectivity index is 1.48. The van der Waals surface area contributed by atoms with Crippen LogP contribution in [0.2, 0.25) is 0 Å². The van der Waals surface area contributed by atoms with Gasteiger partial charge in [0.25, 0.3) is 0 Å². The number of nitrogens with one attached hydrogen (secondary N) is 3. The minimum atomic E-state index is -0.780. The molecule has 2 amide bonds. The van der Waals surface area contributed by atoms with Gasteiger partial charge in [-0.05, 0) is 59.9 Å². The quantitative estimate of drug-likeness (QED) is 0.234. The zero-order chi connectivity index (χ0) is 26.5. The molecule has 38 heavy (non-hydrogen) atoms. The van der Waals surface area contributed by atoms with Gasteiger partial charge in [0.15, 0.2) is 0 Å². The Morgan fingerprint density at radius 1 is 0.737 bits per heavy atom. The summed E-state index contributed by atoms with van der Waals surface area (Å²) < 4.78 is 0. The van der Waals surface area contributed by atoms with Gasteiger partial charge in [0.1, 0.15) is 6.04 Å². The highest BCUT2D eigenvalue weighted by atomic mass is 16.2. The first-order valence-electron chi connectivity index (χ1n) is 12.8. The summed E-state index contributed by atoms with van der Waals surface area (Å²) in [6.07, 6.45) is 2.27. The lowest BCUT2D eigenvalue weighted by molar-refractivity contribution is -0.126. The van der Waals surface area contributed by atoms with Crippen molar-refractivity contribution in [2.24, 2.45) is 0 Å². The Morgan fingerprint density at radius 3 is 1.95 bits per heavy atom. The number of aromatic nitrogens is 1. The SMILES string of the molecule is Cc1cc(C)cc(NC(=O)[C@H](Cc2c[nH]c3ccccc23)NC(=O)C(c2ccccc2)c2ccccc2)c1. The Kier molecular flexibility index (Phi) is 7.36. The van der Waals surface area contributed by atoms with Crippen LogP contribution in [0.3, 0.4) is 0 Å². The van der Waals surface area contributed by atoms with Crippen LogP contribution in [0.5, 0.6) is 0 Å². The molecule has 0 aliphatic rings. The van der Waals surface area contributed by atoms with Gasteiger partial charge < -0.3 is 15.6 Å². The fraction of sp³-hybridized carbons (Fsp3) is 0.152. The van der Waals surface area contributed by atoms with E-state index >= 15 is 0 Å². The predicted molar refractivity (Wildman–Crippen MR) is 153 cm³/mol. The van der Waals surface area contributed by atoms with E-state index in [9.17, 15) is 9.59 Å². The summed E-state index contributed by atoms with van der Waals surface area (Å²) in [4.78, 5) is 30.9. The van der Waals surface area contributed by atoms with Crippen molar-refractivity contribution in [3.05, 3.63) is 137 Å². The van der Waals surface area contributed by atoms with Crippen LogP contribution in [0.25, 0.3) is 10.9 Å². The number of rotatable bonds is 8. The summed E-state index contributed by atoms with van der Waals surface area (Å²) in [5.74, 6) is -1.02. The van der Waals surface area contributed by atoms with Crippen molar-refractivity contribution in [2.45, 2.75) is 32.2 Å². The molecule has 5 aromatic rings. The normalized spacial score (nSPS) is 11.9. The second kappa shape index (κ2) is 11.2. The number of fused-ring (bicyclic) bond motifs is 1. The van der Waals surface area contributed by atoms with Gasteiger partial charge in [-0.2, -0.15) is 0 Å². The summed E-state index contributed by atoms with van der Waals surface area (Å²) in [5, 5.41) is 7.18. The van der Waals surface area contributed by atoms with Crippen LogP contribution in [0.15, 0.2) is 109 Å². The molecule has 4 aromatic carbocycles. The number of benzene rings is 4. The van der Waals surface area contributed by atoms with E-state index in [2.05, 4.69) is 21.7 Å². The molecule has 0 saturated carbocycles. The molecule has 190 valence electrons. The van der Waals surface area contributed by atoms with Crippen molar-refractivity contribution < 1.29 is 9.59 Å². The highest BCUT2D eigenvalue weighted by Gasteiger charge is 2.29. The van der Waals surface area contributed by atoms with Crippen molar-refractivity contribution >= 4 is 28.4 Å². The van der Waals surface area contributed by atoms with Gasteiger partial charge in [0.05, 0.1) is 5.92 Å². The molecule has 5 nitrogen and oxygen atoms in total. The number of aryl methyl sites for hydroxylation is 2. The van der Waals surface area contributed by atoms with E-state index in [1.54, 1.807) is 0 Å². The topological polar surface area (TPSA) is 74.0 Å². The predicted octanol–water partition coefficient (Wildman–Crippen LogP) is 6.28. The summed E-state index contributed by atoms with van der Waals surface area (Å²) >= 11 is 0. The van der Waals surface area contributed by atoms with Crippen LogP contribution >= 0.6 is 0 Å². The second-order valence-corrected chi connectivity index (χ2v) is 9.74. The van der Waals surface area contributed by atoms with Crippen LogP contribution in [-0.4, -0.2) is 22.8 Å². The smallest absolute Gasteiger partial charge is 0.247 e. The standard InChI is InChI=1S/C33H31N3O2/c1-22-17-23(2)19-27(18-22)35-32(37)30(20-26-21-34-29-16-10-9-15-28(26)29)36-33(38)31(24-11-5-3-6-12-24)25-13-7-4-8-14-25/h3-19,21,30-31,34H,20H2,1-2H3,(H,35,37)(H,36,38)/t30-/m0/s1. The maximum absolute atomic E-state index is 13.9. The average Bonchev–Trinajstić information content (AvgIpc) is 3.32. The van der Waals surface area contributed by atoms with Gasteiger partial charge in [-0.3, -0.25) is 9.59 Å². The maximum Gasteiger partial charge on any atom is 0.247 e. The minimum Gasteiger partial charge on any atom is -0.361 e. The third-order valence-corrected chi connectivity index (χ3v) is 6.75. The maximum atomic E-state index is 13.9. The van der Waals surface area contributed by atoms with Gasteiger partial charge in [0, 0.05) is 29.2 Å². The van der Waals surface area contributed by atoms with E-state index in [1.807, 2.05) is 117 Å². The Labute approximate surface area is 222 Å². The largest absolute Gasteiger partial charge is 0.361 e. The second-order valence-electron chi connectivity index (χ2n) is 9.74. The van der Waals surface area contributed by atoms with E-state index in [0.29, 0.717) is 12.1 Å². The third-order valence-electron chi connectivity index (χ3n) is 6.75. The third kappa shape index (κ3) is 5.68. The zero-order valence-electron chi connectivity index (χ0n) is 21.6. The van der Waals surface area contributed by atoms with E-state index in [1.165, 1.54) is 0 Å². The number of carbonyl (C=O) groups excluding carboxylic acids is 2. The van der Waals surface area contributed by atoms with Crippen molar-refractivity contribution in [3.63, 3.8) is 0 Å². The molecule has 0 radical (unpaired) electrons. The average molecular weight is 502 g/mol. The molecule has 1 atom stereocenters. The molecule has 5 heteroatoms. The zero-order valence-corrected chi connectivity index (χ0v) is 21.6. The minimum absolute atomic E-state index is 0.220. The van der Waals surface area contributed by atoms with E-state index in [-0.39, 0.29) is 11.8 Å². The Hall–Kier alpha value is -4.64. The van der Waals surface area contributed by atoms with Gasteiger partial charge >= 0.3 is 0 Å². The molecule has 1 aromatic heterocycles. The van der Waals surface area contributed by atoms with Crippen LogP contribution in [0, 0.1) is 13.8 Å². The van der Waals surface area contributed by atoms with E-state index < -0.39 is 12.0 Å². The van der Waals surface area contributed by atoms with Crippen molar-refractivity contribution in [1.29, 1.82) is 0 Å². The molecule has 0 saturated heterocycles. The van der Waals surface area contributed by atoms with Gasteiger partial charge in [-0.1, -0.05) is 84.9 Å². The number of hydrogen-bond acceptors (Lipinski definition) is 2. The van der Waals surface area contributed by atoms with Crippen molar-refractivity contribution in [3.8, 4) is 0 Å². The molecule has 0 bridgehead atoms. The van der Waals surface area contributed by atoms with Gasteiger partial charge in [-0.25, -0.2) is 0 Å². The Bertz CT molecular complexity index is 1500. The summed E-state index contributed by atoms with van der Waals surface area (Å²) in [6, 6.07) is 32.5. The fourth-order valence-electron chi connectivity index (χ4n) is 5.05. The fourth-order valence-corrected chi connectivity index (χ4v) is 5.05. The lowest BCUT2D eigenvalue weighted by Crippen LogP contribution is -2.47. The summed E-state index contributed by atoms with van der Waals surface area (Å²) in [5.41, 5.74) is 6.55. The first kappa shape index (κ1) is 25.0. The number of hydrogen-bond donors (Lipinski definition) is 3. The van der Waals surface area contributed by atoms with Crippen LogP contribution in [0.4, 0.5) is 5.69 Å². The number of amides is 2. The van der Waals surface area contributed by atoms with Crippen LogP contribution < -0.4 is 10.6 Å². The number of carbonyl (C=O) groups is 2. The summed E-state index contributed by atoms with van der Waals surface area (Å²) in [6.45, 7) is 4.00. The molecule has 0 aliphatic heterocycles. The molecule has 0 spiro atoms. The first-order valence-corrected chi connectivity index (χ1v) is 12.8. The van der Waals surface area contributed by atoms with Crippen LogP contribution in [-0.2, 0) is 16.0 Å². The molecule has 0 unspecified atom stereocenters. The highest BCUT2D eigenvalue weighted by molar-refractivity contribution is 5.99. The number of H-pyrrole nitrogens is 1. The lowest BCUT2D eigenvalue weighted by atomic mass is 9.90. The number of para-hydroxylation sites is 1. The van der Waals surface area contributed by atoms with Gasteiger partial charge in [-0.15, -0.1) is 0 Å². The van der Waals surface area contributed by atoms with Gasteiger partial charge in [0.2, 0.25) is 11.8 Å². The van der Waals surface area contributed by atoms with E-state index in [0.717, 1.165) is 38.7 Å². The summed E-state index contributed by atoms with van der Waals surface area (Å²) in [7, 11) is 0. The monoisotopic (exact) mass is 501 g/mol. The van der Waals surface area contributed by atoms with E-state index in [4.69, 9.17) is 0 Å². The first-order chi connectivity index (χ1) is 18.5. The molecule has 1 heterocycles.